The van der Waals surface area contributed by atoms with E-state index in [4.69, 9.17) is 4.74 Å². The number of benzene rings is 1. The van der Waals surface area contributed by atoms with Crippen molar-refractivity contribution in [3.8, 4) is 0 Å². The van der Waals surface area contributed by atoms with Gasteiger partial charge in [-0.3, -0.25) is 19.4 Å². The van der Waals surface area contributed by atoms with Gasteiger partial charge in [0.25, 0.3) is 11.1 Å². The summed E-state index contributed by atoms with van der Waals surface area (Å²) in [5.74, 6) is -0.702. The van der Waals surface area contributed by atoms with E-state index in [2.05, 4.69) is 0 Å². The number of carbonyl (C=O) groups excluding carboxylic acids is 2. The molecule has 2 heterocycles. The van der Waals surface area contributed by atoms with Crippen LogP contribution in [-0.4, -0.2) is 53.9 Å². The van der Waals surface area contributed by atoms with E-state index in [0.29, 0.717) is 36.8 Å². The Morgan fingerprint density at radius 1 is 1.27 bits per heavy atom. The van der Waals surface area contributed by atoms with Gasteiger partial charge in [0, 0.05) is 13.1 Å². The van der Waals surface area contributed by atoms with Crippen LogP contribution in [0.25, 0.3) is 6.08 Å². The molecule has 0 saturated carbocycles. The van der Waals surface area contributed by atoms with Crippen LogP contribution in [0, 0.1) is 5.82 Å². The van der Waals surface area contributed by atoms with E-state index in [-0.39, 0.29) is 23.6 Å². The highest BCUT2D eigenvalue weighted by Gasteiger charge is 2.36. The molecule has 0 N–H and O–H groups in total. The molecular formula is C15H15FN2O3S. The first-order valence-electron chi connectivity index (χ1n) is 6.94. The van der Waals surface area contributed by atoms with Gasteiger partial charge in [-0.25, -0.2) is 4.39 Å². The summed E-state index contributed by atoms with van der Waals surface area (Å²) in [6.45, 7) is 2.88. The number of thioether (sulfide) groups is 1. The second-order valence-electron chi connectivity index (χ2n) is 5.04. The van der Waals surface area contributed by atoms with Gasteiger partial charge in [0.2, 0.25) is 0 Å². The van der Waals surface area contributed by atoms with Gasteiger partial charge >= 0.3 is 0 Å². The van der Waals surface area contributed by atoms with Crippen LogP contribution in [0.5, 0.6) is 0 Å². The fourth-order valence-corrected chi connectivity index (χ4v) is 3.14. The topological polar surface area (TPSA) is 49.9 Å². The molecule has 22 heavy (non-hydrogen) atoms. The Balaban J connectivity index is 1.73. The van der Waals surface area contributed by atoms with Crippen molar-refractivity contribution in [2.75, 3.05) is 33.0 Å². The second kappa shape index (κ2) is 6.60. The van der Waals surface area contributed by atoms with Crippen LogP contribution in [-0.2, 0) is 9.53 Å². The van der Waals surface area contributed by atoms with Crippen LogP contribution in [0.1, 0.15) is 5.56 Å². The van der Waals surface area contributed by atoms with E-state index < -0.39 is 0 Å². The van der Waals surface area contributed by atoms with Gasteiger partial charge in [-0.2, -0.15) is 0 Å². The van der Waals surface area contributed by atoms with Crippen molar-refractivity contribution >= 4 is 29.0 Å². The summed E-state index contributed by atoms with van der Waals surface area (Å²) in [7, 11) is 0. The maximum atomic E-state index is 13.2. The van der Waals surface area contributed by atoms with Crippen LogP contribution in [0.3, 0.4) is 0 Å². The van der Waals surface area contributed by atoms with Crippen LogP contribution in [0.2, 0.25) is 0 Å². The molecule has 0 spiro atoms. The maximum Gasteiger partial charge on any atom is 0.294 e. The minimum absolute atomic E-state index is 0.272. The van der Waals surface area contributed by atoms with Crippen molar-refractivity contribution in [3.05, 3.63) is 40.6 Å². The minimum Gasteiger partial charge on any atom is -0.379 e. The summed E-state index contributed by atoms with van der Waals surface area (Å²) in [6, 6.07) is 5.93. The lowest BCUT2D eigenvalue weighted by molar-refractivity contribution is -0.125. The smallest absolute Gasteiger partial charge is 0.294 e. The fourth-order valence-electron chi connectivity index (χ4n) is 2.31. The van der Waals surface area contributed by atoms with E-state index in [1.54, 1.807) is 18.2 Å². The van der Waals surface area contributed by atoms with Crippen molar-refractivity contribution in [1.29, 1.82) is 0 Å². The molecule has 0 aliphatic carbocycles. The number of ether oxygens (including phenoxy) is 1. The Morgan fingerprint density at radius 2 is 2.05 bits per heavy atom. The molecule has 0 bridgehead atoms. The average molecular weight is 322 g/mol. The largest absolute Gasteiger partial charge is 0.379 e. The van der Waals surface area contributed by atoms with Crippen molar-refractivity contribution < 1.29 is 18.7 Å². The molecule has 5 nitrogen and oxygen atoms in total. The first-order chi connectivity index (χ1) is 10.6. The molecule has 0 radical (unpaired) electrons. The molecule has 2 aliphatic heterocycles. The van der Waals surface area contributed by atoms with Gasteiger partial charge in [-0.05, 0) is 35.5 Å². The summed E-state index contributed by atoms with van der Waals surface area (Å²) in [6.07, 6.45) is 1.55. The number of halogens is 1. The Kier molecular flexibility index (Phi) is 4.56. The monoisotopic (exact) mass is 322 g/mol. The van der Waals surface area contributed by atoms with Crippen LogP contribution >= 0.6 is 11.8 Å². The van der Waals surface area contributed by atoms with Crippen molar-refractivity contribution in [2.45, 2.75) is 0 Å². The van der Waals surface area contributed by atoms with E-state index in [0.717, 1.165) is 11.8 Å². The molecule has 3 rings (SSSR count). The first-order valence-corrected chi connectivity index (χ1v) is 7.76. The van der Waals surface area contributed by atoms with Crippen molar-refractivity contribution in [1.82, 2.24) is 9.80 Å². The minimum atomic E-state index is -0.374. The summed E-state index contributed by atoms with van der Waals surface area (Å²) in [5.41, 5.74) is 0.567. The molecule has 1 aromatic rings. The number of carbonyl (C=O) groups is 2. The highest BCUT2D eigenvalue weighted by Crippen LogP contribution is 2.32. The highest BCUT2D eigenvalue weighted by molar-refractivity contribution is 8.18. The number of hydrogen-bond donors (Lipinski definition) is 0. The molecule has 2 saturated heterocycles. The normalized spacial score (nSPS) is 21.9. The molecule has 2 aliphatic rings. The Hall–Kier alpha value is -1.70. The third kappa shape index (κ3) is 3.37. The van der Waals surface area contributed by atoms with Crippen molar-refractivity contribution in [2.24, 2.45) is 0 Å². The van der Waals surface area contributed by atoms with Gasteiger partial charge in [0.05, 0.1) is 24.8 Å². The van der Waals surface area contributed by atoms with Crippen LogP contribution < -0.4 is 0 Å². The lowest BCUT2D eigenvalue weighted by Gasteiger charge is -2.29. The van der Waals surface area contributed by atoms with Gasteiger partial charge in [-0.15, -0.1) is 0 Å². The van der Waals surface area contributed by atoms with E-state index in [1.807, 2.05) is 4.90 Å². The molecular weight excluding hydrogens is 307 g/mol. The molecule has 116 valence electrons. The summed E-state index contributed by atoms with van der Waals surface area (Å²) >= 11 is 0.889. The zero-order valence-electron chi connectivity index (χ0n) is 11.8. The van der Waals surface area contributed by atoms with E-state index >= 15 is 0 Å². The number of amides is 2. The number of hydrogen-bond acceptors (Lipinski definition) is 5. The lowest BCUT2D eigenvalue weighted by atomic mass is 10.2. The van der Waals surface area contributed by atoms with E-state index in [9.17, 15) is 14.0 Å². The average Bonchev–Trinajstić information content (AvgIpc) is 2.76. The molecule has 0 atom stereocenters. The predicted octanol–water partition coefficient (Wildman–Crippen LogP) is 2.15. The third-order valence-corrected chi connectivity index (χ3v) is 4.37. The fraction of sp³-hybridized carbons (Fsp3) is 0.333. The zero-order chi connectivity index (χ0) is 15.5. The predicted molar refractivity (Wildman–Crippen MR) is 81.5 cm³/mol. The lowest BCUT2D eigenvalue weighted by Crippen LogP contribution is -2.45. The number of nitrogens with zero attached hydrogens (tertiary/aromatic N) is 2. The Bertz CT molecular complexity index is 629. The van der Waals surface area contributed by atoms with Crippen molar-refractivity contribution in [3.63, 3.8) is 0 Å². The summed E-state index contributed by atoms with van der Waals surface area (Å²) in [5, 5.41) is -0.292. The Labute approximate surface area is 131 Å². The number of rotatable bonds is 3. The Morgan fingerprint density at radius 3 is 2.77 bits per heavy atom. The van der Waals surface area contributed by atoms with Gasteiger partial charge in [-0.1, -0.05) is 12.1 Å². The molecule has 2 fully saturated rings. The van der Waals surface area contributed by atoms with Gasteiger partial charge in [0.1, 0.15) is 5.82 Å². The van der Waals surface area contributed by atoms with Gasteiger partial charge < -0.3 is 4.74 Å². The third-order valence-electron chi connectivity index (χ3n) is 3.47. The SMILES string of the molecule is O=C1S/C(=C\c2cccc(F)c2)C(=O)N1CN1CCOCC1. The quantitative estimate of drug-likeness (QED) is 0.798. The molecule has 2 amide bonds. The molecule has 0 unspecified atom stereocenters. The maximum absolute atomic E-state index is 13.2. The second-order valence-corrected chi connectivity index (χ2v) is 6.03. The molecule has 1 aromatic carbocycles. The standard InChI is InChI=1S/C15H15FN2O3S/c16-12-3-1-2-11(8-12)9-13-14(19)18(15(20)22-13)10-17-4-6-21-7-5-17/h1-3,8-9H,4-7,10H2/b13-9-. The van der Waals surface area contributed by atoms with E-state index in [1.165, 1.54) is 17.0 Å². The molecule has 0 aromatic heterocycles. The number of morpholine rings is 1. The summed E-state index contributed by atoms with van der Waals surface area (Å²) in [4.78, 5) is 27.9. The van der Waals surface area contributed by atoms with Gasteiger partial charge in [0.15, 0.2) is 0 Å². The number of imide groups is 1. The molecule has 7 heteroatoms. The van der Waals surface area contributed by atoms with Crippen LogP contribution in [0.15, 0.2) is 29.2 Å². The first kappa shape index (κ1) is 15.2. The summed E-state index contributed by atoms with van der Waals surface area (Å²) < 4.78 is 18.4. The zero-order valence-corrected chi connectivity index (χ0v) is 12.6. The highest BCUT2D eigenvalue weighted by atomic mass is 32.2. The van der Waals surface area contributed by atoms with Crippen LogP contribution in [0.4, 0.5) is 9.18 Å².